The summed E-state index contributed by atoms with van der Waals surface area (Å²) in [6.07, 6.45) is 5.40. The summed E-state index contributed by atoms with van der Waals surface area (Å²) in [6, 6.07) is 10.6. The molecule has 0 aliphatic heterocycles. The molecule has 0 spiro atoms. The lowest BCUT2D eigenvalue weighted by atomic mass is 9.85. The minimum absolute atomic E-state index is 0.266. The molecule has 5 nitrogen and oxygen atoms in total. The third-order valence-electron chi connectivity index (χ3n) is 5.09. The van der Waals surface area contributed by atoms with Gasteiger partial charge in [0.25, 0.3) is 0 Å². The zero-order valence-electron chi connectivity index (χ0n) is 14.2. The van der Waals surface area contributed by atoms with E-state index in [0.29, 0.717) is 5.69 Å². The van der Waals surface area contributed by atoms with E-state index in [1.807, 2.05) is 18.2 Å². The van der Waals surface area contributed by atoms with E-state index >= 15 is 0 Å². The highest BCUT2D eigenvalue weighted by atomic mass is 16.4. The molecule has 0 bridgehead atoms. The minimum atomic E-state index is -0.934. The van der Waals surface area contributed by atoms with Crippen molar-refractivity contribution in [2.75, 3.05) is 5.73 Å². The lowest BCUT2D eigenvalue weighted by Gasteiger charge is -2.22. The first-order chi connectivity index (χ1) is 12.6. The number of carboxylic acids is 1. The van der Waals surface area contributed by atoms with Crippen LogP contribution >= 0.6 is 0 Å². The first-order valence-corrected chi connectivity index (χ1v) is 8.68. The van der Waals surface area contributed by atoms with Crippen molar-refractivity contribution in [3.63, 3.8) is 0 Å². The lowest BCUT2D eigenvalue weighted by Crippen LogP contribution is -2.09. The van der Waals surface area contributed by atoms with Crippen LogP contribution in [0.5, 0.6) is 0 Å². The maximum absolute atomic E-state index is 11.1. The summed E-state index contributed by atoms with van der Waals surface area (Å²) in [5.74, 6) is -0.934. The number of nitrogens with two attached hydrogens (primary N) is 1. The Kier molecular flexibility index (Phi) is 3.92. The predicted octanol–water partition coefficient (Wildman–Crippen LogP) is 4.06. The second-order valence-electron chi connectivity index (χ2n) is 6.61. The fourth-order valence-corrected chi connectivity index (χ4v) is 3.83. The molecule has 0 saturated carbocycles. The van der Waals surface area contributed by atoms with Crippen LogP contribution in [-0.4, -0.2) is 22.3 Å². The van der Waals surface area contributed by atoms with E-state index in [1.54, 1.807) is 18.2 Å². The quantitative estimate of drug-likeness (QED) is 0.492. The number of aromatic carboxylic acids is 1. The number of aromatic nitrogens is 1. The summed E-state index contributed by atoms with van der Waals surface area (Å²) < 4.78 is 0. The van der Waals surface area contributed by atoms with Crippen molar-refractivity contribution in [1.29, 1.82) is 5.41 Å². The van der Waals surface area contributed by atoms with Gasteiger partial charge in [0, 0.05) is 28.4 Å². The molecular weight excluding hydrogens is 326 g/mol. The van der Waals surface area contributed by atoms with E-state index in [2.05, 4.69) is 0 Å². The highest BCUT2D eigenvalue weighted by molar-refractivity contribution is 6.05. The first kappa shape index (κ1) is 16.3. The Bertz CT molecular complexity index is 1040. The van der Waals surface area contributed by atoms with E-state index in [9.17, 15) is 4.79 Å². The molecule has 4 rings (SSSR count). The van der Waals surface area contributed by atoms with Crippen LogP contribution in [0.1, 0.15) is 39.9 Å². The second-order valence-corrected chi connectivity index (χ2v) is 6.61. The Morgan fingerprint density at radius 2 is 1.77 bits per heavy atom. The molecular formula is C21H19N3O2. The third-order valence-corrected chi connectivity index (χ3v) is 5.09. The molecule has 0 atom stereocenters. The summed E-state index contributed by atoms with van der Waals surface area (Å²) in [5, 5.41) is 17.9. The molecule has 2 aromatic carbocycles. The fraction of sp³-hybridized carbons (Fsp3) is 0.190. The number of benzene rings is 2. The molecule has 130 valence electrons. The van der Waals surface area contributed by atoms with Gasteiger partial charge < -0.3 is 16.2 Å². The highest BCUT2D eigenvalue weighted by Gasteiger charge is 2.21. The zero-order valence-corrected chi connectivity index (χ0v) is 14.2. The van der Waals surface area contributed by atoms with Crippen LogP contribution in [0, 0.1) is 5.41 Å². The van der Waals surface area contributed by atoms with Crippen molar-refractivity contribution in [2.45, 2.75) is 25.7 Å². The van der Waals surface area contributed by atoms with Crippen LogP contribution in [-0.2, 0) is 12.8 Å². The number of fused-ring (bicyclic) bond motifs is 3. The van der Waals surface area contributed by atoms with Crippen molar-refractivity contribution < 1.29 is 9.90 Å². The van der Waals surface area contributed by atoms with Gasteiger partial charge >= 0.3 is 5.97 Å². The molecule has 0 saturated heterocycles. The molecule has 1 heterocycles. The number of hydrogen-bond acceptors (Lipinski definition) is 4. The molecule has 0 fully saturated rings. The van der Waals surface area contributed by atoms with Gasteiger partial charge in [-0.25, -0.2) is 9.78 Å². The van der Waals surface area contributed by atoms with Gasteiger partial charge in [-0.05, 0) is 61.1 Å². The monoisotopic (exact) mass is 345 g/mol. The van der Waals surface area contributed by atoms with E-state index in [-0.39, 0.29) is 5.56 Å². The van der Waals surface area contributed by atoms with Gasteiger partial charge in [0.2, 0.25) is 0 Å². The van der Waals surface area contributed by atoms with Crippen molar-refractivity contribution in [1.82, 2.24) is 4.98 Å². The summed E-state index contributed by atoms with van der Waals surface area (Å²) in [4.78, 5) is 16.0. The summed E-state index contributed by atoms with van der Waals surface area (Å²) >= 11 is 0. The van der Waals surface area contributed by atoms with Gasteiger partial charge in [-0.1, -0.05) is 12.1 Å². The van der Waals surface area contributed by atoms with Crippen LogP contribution in [0.15, 0.2) is 36.4 Å². The van der Waals surface area contributed by atoms with Crippen LogP contribution in [0.2, 0.25) is 0 Å². The number of aryl methyl sites for hydroxylation is 1. The second kappa shape index (κ2) is 6.26. The van der Waals surface area contributed by atoms with Gasteiger partial charge in [0.05, 0.1) is 16.8 Å². The molecule has 5 heteroatoms. The van der Waals surface area contributed by atoms with Crippen LogP contribution < -0.4 is 5.73 Å². The molecule has 1 aromatic heterocycles. The average Bonchev–Trinajstić information content (AvgIpc) is 2.67. The van der Waals surface area contributed by atoms with Crippen molar-refractivity contribution in [3.8, 4) is 11.3 Å². The molecule has 1 aliphatic carbocycles. The molecule has 1 aliphatic rings. The predicted molar refractivity (Wildman–Crippen MR) is 103 cm³/mol. The number of nitrogens with one attached hydrogen (secondary N) is 1. The highest BCUT2D eigenvalue weighted by Crippen LogP contribution is 2.37. The Morgan fingerprint density at radius 1 is 1.08 bits per heavy atom. The van der Waals surface area contributed by atoms with Crippen molar-refractivity contribution in [2.24, 2.45) is 0 Å². The minimum Gasteiger partial charge on any atom is -0.478 e. The van der Waals surface area contributed by atoms with E-state index in [4.69, 9.17) is 21.2 Å². The molecule has 0 amide bonds. The van der Waals surface area contributed by atoms with Gasteiger partial charge in [-0.15, -0.1) is 0 Å². The van der Waals surface area contributed by atoms with Crippen molar-refractivity contribution in [3.05, 3.63) is 58.7 Å². The number of rotatable bonds is 3. The number of carboxylic acid groups (broad SMARTS) is 1. The lowest BCUT2D eigenvalue weighted by molar-refractivity contribution is 0.0697. The molecule has 3 aromatic rings. The van der Waals surface area contributed by atoms with Gasteiger partial charge in [-0.3, -0.25) is 0 Å². The van der Waals surface area contributed by atoms with Gasteiger partial charge in [0.15, 0.2) is 0 Å². The number of nitrogen functional groups attached to an aromatic ring is 1. The molecule has 0 unspecified atom stereocenters. The van der Waals surface area contributed by atoms with Crippen LogP contribution in [0.25, 0.3) is 22.2 Å². The summed E-state index contributed by atoms with van der Waals surface area (Å²) in [5.41, 5.74) is 12.8. The number of hydrogen-bond donors (Lipinski definition) is 3. The Hall–Kier alpha value is -3.21. The average molecular weight is 345 g/mol. The largest absolute Gasteiger partial charge is 0.478 e. The number of nitrogens with zero attached hydrogens (tertiary/aromatic N) is 1. The van der Waals surface area contributed by atoms with E-state index in [0.717, 1.165) is 53.4 Å². The Morgan fingerprint density at radius 3 is 2.42 bits per heavy atom. The third kappa shape index (κ3) is 2.52. The number of pyridine rings is 1. The molecule has 26 heavy (non-hydrogen) atoms. The maximum Gasteiger partial charge on any atom is 0.335 e. The number of carbonyl (C=O) groups is 1. The molecule has 4 N–H and O–H groups in total. The SMILES string of the molecule is N=Cc1c(N)ccc2nc(-c3ccc(C(=O)O)cc3)c3c(c12)CCCC3. The van der Waals surface area contributed by atoms with Crippen LogP contribution in [0.3, 0.4) is 0 Å². The first-order valence-electron chi connectivity index (χ1n) is 8.68. The Balaban J connectivity index is 2.00. The summed E-state index contributed by atoms with van der Waals surface area (Å²) in [7, 11) is 0. The van der Waals surface area contributed by atoms with E-state index < -0.39 is 5.97 Å². The Labute approximate surface area is 151 Å². The van der Waals surface area contributed by atoms with Gasteiger partial charge in [-0.2, -0.15) is 0 Å². The normalized spacial score (nSPS) is 13.4. The smallest absolute Gasteiger partial charge is 0.335 e. The van der Waals surface area contributed by atoms with Crippen molar-refractivity contribution >= 4 is 28.8 Å². The van der Waals surface area contributed by atoms with E-state index in [1.165, 1.54) is 17.3 Å². The number of anilines is 1. The van der Waals surface area contributed by atoms with Gasteiger partial charge in [0.1, 0.15) is 0 Å². The summed E-state index contributed by atoms with van der Waals surface area (Å²) in [6.45, 7) is 0. The topological polar surface area (TPSA) is 100 Å². The molecule has 0 radical (unpaired) electrons. The van der Waals surface area contributed by atoms with Crippen LogP contribution in [0.4, 0.5) is 5.69 Å². The standard InChI is InChI=1S/C21H19N3O2/c22-11-16-17(23)9-10-18-19(16)14-3-1-2-4-15(14)20(24-18)12-5-7-13(8-6-12)21(25)26/h5-11,22H,1-4,23H2,(H,25,26). The maximum atomic E-state index is 11.1. The zero-order chi connectivity index (χ0) is 18.3. The fourth-order valence-electron chi connectivity index (χ4n) is 3.83.